The highest BCUT2D eigenvalue weighted by molar-refractivity contribution is 7.97. The Kier molecular flexibility index (Phi) is 9.48. The maximum Gasteiger partial charge on any atom is 0.150 e. The summed E-state index contributed by atoms with van der Waals surface area (Å²) in [5, 5.41) is 1.05. The Hall–Kier alpha value is -1.83. The Balaban J connectivity index is 0.000000207. The van der Waals surface area contributed by atoms with Gasteiger partial charge in [0.2, 0.25) is 0 Å². The van der Waals surface area contributed by atoms with Crippen LogP contribution >= 0.6 is 11.9 Å². The molecule has 0 radical (unpaired) electrons. The smallest absolute Gasteiger partial charge is 0.150 e. The lowest BCUT2D eigenvalue weighted by atomic mass is 9.79. The van der Waals surface area contributed by atoms with Gasteiger partial charge in [-0.05, 0) is 100 Å². The van der Waals surface area contributed by atoms with Crippen LogP contribution < -0.4 is 4.74 Å². The third-order valence-corrected chi connectivity index (χ3v) is 8.52. The molecule has 3 heterocycles. The number of aldehydes is 1. The maximum absolute atomic E-state index is 10.6. The van der Waals surface area contributed by atoms with Crippen molar-refractivity contribution in [3.05, 3.63) is 42.4 Å². The molecule has 2 aliphatic heterocycles. The van der Waals surface area contributed by atoms with Crippen LogP contribution in [0.4, 0.5) is 0 Å². The Labute approximate surface area is 209 Å². The van der Waals surface area contributed by atoms with Gasteiger partial charge in [0.1, 0.15) is 17.1 Å². The van der Waals surface area contributed by atoms with Crippen LogP contribution in [0.2, 0.25) is 0 Å². The summed E-state index contributed by atoms with van der Waals surface area (Å²) in [4.78, 5) is 17.6. The summed E-state index contributed by atoms with van der Waals surface area (Å²) in [5.74, 6) is 2.48. The molecule has 186 valence electrons. The van der Waals surface area contributed by atoms with Gasteiger partial charge in [-0.3, -0.25) is 4.79 Å². The van der Waals surface area contributed by atoms with Gasteiger partial charge in [0.25, 0.3) is 0 Å². The van der Waals surface area contributed by atoms with Crippen LogP contribution in [-0.4, -0.2) is 64.4 Å². The minimum Gasteiger partial charge on any atom is -0.493 e. The van der Waals surface area contributed by atoms with Gasteiger partial charge >= 0.3 is 0 Å². The fourth-order valence-electron chi connectivity index (χ4n) is 5.47. The largest absolute Gasteiger partial charge is 0.493 e. The van der Waals surface area contributed by atoms with Gasteiger partial charge in [-0.1, -0.05) is 12.8 Å². The zero-order valence-corrected chi connectivity index (χ0v) is 21.6. The lowest BCUT2D eigenvalue weighted by Crippen LogP contribution is -2.44. The molecule has 0 amide bonds. The number of benzene rings is 1. The maximum atomic E-state index is 10.6. The van der Waals surface area contributed by atoms with Crippen LogP contribution in [0.15, 0.2) is 41.8 Å². The summed E-state index contributed by atoms with van der Waals surface area (Å²) in [6.07, 6.45) is 15.9. The van der Waals surface area contributed by atoms with Gasteiger partial charge in [-0.2, -0.15) is 0 Å². The first-order chi connectivity index (χ1) is 16.6. The Morgan fingerprint density at radius 3 is 2.41 bits per heavy atom. The van der Waals surface area contributed by atoms with E-state index in [-0.39, 0.29) is 0 Å². The van der Waals surface area contributed by atoms with Gasteiger partial charge in [0, 0.05) is 37.9 Å². The minimum absolute atomic E-state index is 0.585. The minimum atomic E-state index is 0.585. The van der Waals surface area contributed by atoms with Crippen molar-refractivity contribution in [2.75, 3.05) is 33.3 Å². The van der Waals surface area contributed by atoms with E-state index in [2.05, 4.69) is 21.2 Å². The van der Waals surface area contributed by atoms with Crippen molar-refractivity contribution in [3.63, 3.8) is 0 Å². The fourth-order valence-corrected chi connectivity index (χ4v) is 6.43. The van der Waals surface area contributed by atoms with Crippen LogP contribution in [0.25, 0.3) is 0 Å². The van der Waals surface area contributed by atoms with Crippen LogP contribution in [0.1, 0.15) is 61.7 Å². The van der Waals surface area contributed by atoms with Crippen LogP contribution in [0, 0.1) is 11.8 Å². The molecule has 2 saturated heterocycles. The molecule has 2 atom stereocenters. The molecule has 2 aromatic rings. The Morgan fingerprint density at radius 1 is 1.00 bits per heavy atom. The monoisotopic (exact) mass is 484 g/mol. The first kappa shape index (κ1) is 25.3. The van der Waals surface area contributed by atoms with Gasteiger partial charge in [-0.25, -0.2) is 9.29 Å². The number of likely N-dealkylation sites (tertiary alicyclic amines) is 1. The zero-order valence-electron chi connectivity index (χ0n) is 20.8. The number of ether oxygens (including phenoxy) is 1. The van der Waals surface area contributed by atoms with Crippen molar-refractivity contribution in [2.24, 2.45) is 18.9 Å². The summed E-state index contributed by atoms with van der Waals surface area (Å²) in [6, 6.07) is 8.24. The number of fused-ring (bicyclic) bond motifs is 1. The molecule has 1 aromatic carbocycles. The normalized spacial score (nSPS) is 24.1. The highest BCUT2D eigenvalue weighted by atomic mass is 32.2. The third kappa shape index (κ3) is 7.33. The number of hydrogen-bond acceptors (Lipinski definition) is 6. The quantitative estimate of drug-likeness (QED) is 0.410. The van der Waals surface area contributed by atoms with Crippen LogP contribution in [0.3, 0.4) is 0 Å². The number of aromatic nitrogens is 2. The molecule has 5 rings (SSSR count). The molecular weight excluding hydrogens is 444 g/mol. The second kappa shape index (κ2) is 12.8. The number of carbonyl (C=O) groups is 1. The Bertz CT molecular complexity index is 877. The summed E-state index contributed by atoms with van der Waals surface area (Å²) in [7, 11) is 4.30. The molecule has 0 N–H and O–H groups in total. The number of rotatable bonds is 6. The highest BCUT2D eigenvalue weighted by Crippen LogP contribution is 2.34. The van der Waals surface area contributed by atoms with Gasteiger partial charge in [-0.15, -0.1) is 0 Å². The zero-order chi connectivity index (χ0) is 23.8. The van der Waals surface area contributed by atoms with Crippen LogP contribution in [0.5, 0.6) is 5.75 Å². The van der Waals surface area contributed by atoms with Gasteiger partial charge in [0.05, 0.1) is 12.9 Å². The van der Waals surface area contributed by atoms with Gasteiger partial charge < -0.3 is 14.2 Å². The van der Waals surface area contributed by atoms with E-state index in [1.165, 1.54) is 45.1 Å². The van der Waals surface area contributed by atoms with E-state index in [1.54, 1.807) is 24.1 Å². The first-order valence-corrected chi connectivity index (χ1v) is 13.7. The molecule has 0 spiro atoms. The first-order valence-electron chi connectivity index (χ1n) is 12.9. The van der Waals surface area contributed by atoms with Crippen molar-refractivity contribution in [1.29, 1.82) is 0 Å². The predicted molar refractivity (Wildman–Crippen MR) is 138 cm³/mol. The van der Waals surface area contributed by atoms with E-state index in [0.29, 0.717) is 11.5 Å². The molecule has 6 nitrogen and oxygen atoms in total. The SMILES string of the molecule is CN1CCCC2CCCCC21.Cn1cnc(SN2CCC(COc3ccc(C=O)cc3)CC2)c1. The summed E-state index contributed by atoms with van der Waals surface area (Å²) >= 11 is 1.73. The number of aryl methyl sites for hydroxylation is 1. The fraction of sp³-hybridized carbons (Fsp3) is 0.630. The lowest BCUT2D eigenvalue weighted by molar-refractivity contribution is 0.0841. The summed E-state index contributed by atoms with van der Waals surface area (Å²) in [6.45, 7) is 4.20. The van der Waals surface area contributed by atoms with E-state index in [0.717, 1.165) is 61.6 Å². The van der Waals surface area contributed by atoms with E-state index in [1.807, 2.05) is 36.3 Å². The molecule has 2 unspecified atom stereocenters. The average molecular weight is 485 g/mol. The molecule has 34 heavy (non-hydrogen) atoms. The molecule has 1 saturated carbocycles. The topological polar surface area (TPSA) is 50.6 Å². The van der Waals surface area contributed by atoms with E-state index in [9.17, 15) is 4.79 Å². The molecule has 1 aliphatic carbocycles. The number of nitrogens with zero attached hydrogens (tertiary/aromatic N) is 4. The van der Waals surface area contributed by atoms with Crippen molar-refractivity contribution in [1.82, 2.24) is 18.8 Å². The van der Waals surface area contributed by atoms with Crippen molar-refractivity contribution < 1.29 is 9.53 Å². The molecule has 1 aromatic heterocycles. The second-order valence-electron chi connectivity index (χ2n) is 10.1. The second-order valence-corrected chi connectivity index (χ2v) is 11.2. The molecular formula is C27H40N4O2S. The standard InChI is InChI=1S/C17H21N3O2S.C10H19N/c1-19-10-17(18-13-19)23-20-8-6-15(7-9-20)12-22-16-4-2-14(11-21)3-5-16;1-11-8-4-6-9-5-2-3-7-10(9)11/h2-5,10-11,13,15H,6-9,12H2,1H3;9-10H,2-8H2,1H3. The van der Waals surface area contributed by atoms with Crippen molar-refractivity contribution in [3.8, 4) is 5.75 Å². The number of carbonyl (C=O) groups excluding carboxylic acids is 1. The summed E-state index contributed by atoms with van der Waals surface area (Å²) < 4.78 is 10.2. The van der Waals surface area contributed by atoms with E-state index in [4.69, 9.17) is 4.74 Å². The van der Waals surface area contributed by atoms with E-state index < -0.39 is 0 Å². The lowest BCUT2D eigenvalue weighted by Gasteiger charge is -2.42. The average Bonchev–Trinajstić information content (AvgIpc) is 3.29. The number of imidazole rings is 1. The van der Waals surface area contributed by atoms with Crippen molar-refractivity contribution >= 4 is 18.2 Å². The number of hydrogen-bond donors (Lipinski definition) is 0. The molecule has 3 fully saturated rings. The number of piperidine rings is 2. The Morgan fingerprint density at radius 2 is 1.74 bits per heavy atom. The van der Waals surface area contributed by atoms with E-state index >= 15 is 0 Å². The predicted octanol–water partition coefficient (Wildman–Crippen LogP) is 5.30. The third-order valence-electron chi connectivity index (χ3n) is 7.50. The van der Waals surface area contributed by atoms with Crippen molar-refractivity contribution in [2.45, 2.75) is 62.4 Å². The molecule has 7 heteroatoms. The van der Waals surface area contributed by atoms with Gasteiger partial charge in [0.15, 0.2) is 0 Å². The summed E-state index contributed by atoms with van der Waals surface area (Å²) in [5.41, 5.74) is 0.678. The molecule has 0 bridgehead atoms. The molecule has 3 aliphatic rings. The highest BCUT2D eigenvalue weighted by Gasteiger charge is 2.30. The van der Waals surface area contributed by atoms with Crippen LogP contribution in [-0.2, 0) is 7.05 Å².